The quantitative estimate of drug-likeness (QED) is 0.662. The van der Waals surface area contributed by atoms with E-state index in [2.05, 4.69) is 88.4 Å². The highest BCUT2D eigenvalue weighted by molar-refractivity contribution is 7.05. The molecule has 0 fully saturated rings. The largest absolute Gasteiger partial charge is 0.300 e. The minimum atomic E-state index is -2.21. The van der Waals surface area contributed by atoms with Gasteiger partial charge in [0.15, 0.2) is 0 Å². The molecule has 0 atom stereocenters. The summed E-state index contributed by atoms with van der Waals surface area (Å²) < 4.78 is 0. The number of unbranched alkanes of at least 4 members (excludes halogenated alkanes) is 1. The first kappa shape index (κ1) is 18.7. The first-order valence-electron chi connectivity index (χ1n) is 9.04. The lowest BCUT2D eigenvalue weighted by Crippen LogP contribution is -2.65. The van der Waals surface area contributed by atoms with Gasteiger partial charge >= 0.3 is 0 Å². The summed E-state index contributed by atoms with van der Waals surface area (Å²) in [5, 5.41) is 2.81. The summed E-state index contributed by atoms with van der Waals surface area (Å²) in [7, 11) is -2.21. The predicted molar refractivity (Wildman–Crippen MR) is 107 cm³/mol. The highest BCUT2D eigenvalue weighted by Gasteiger charge is 2.48. The Morgan fingerprint density at radius 3 is 1.71 bits per heavy atom. The van der Waals surface area contributed by atoms with E-state index in [9.17, 15) is 4.79 Å². The fraction of sp³-hybridized carbons (Fsp3) is 0.409. The summed E-state index contributed by atoms with van der Waals surface area (Å²) in [6.45, 7) is 9.08. The molecule has 0 heterocycles. The van der Waals surface area contributed by atoms with Gasteiger partial charge in [0.05, 0.1) is 0 Å². The zero-order chi connectivity index (χ0) is 17.6. The molecule has 0 saturated carbocycles. The predicted octanol–water partition coefficient (Wildman–Crippen LogP) is 4.81. The van der Waals surface area contributed by atoms with Crippen LogP contribution in [-0.4, -0.2) is 13.9 Å². The van der Waals surface area contributed by atoms with Crippen molar-refractivity contribution in [2.24, 2.45) is 0 Å². The highest BCUT2D eigenvalue weighted by Crippen LogP contribution is 2.39. The zero-order valence-electron chi connectivity index (χ0n) is 15.5. The van der Waals surface area contributed by atoms with Crippen LogP contribution in [0.2, 0.25) is 11.1 Å². The Labute approximate surface area is 148 Å². The summed E-state index contributed by atoms with van der Waals surface area (Å²) in [5.41, 5.74) is 0. The third kappa shape index (κ3) is 3.86. The molecule has 2 aromatic carbocycles. The lowest BCUT2D eigenvalue weighted by Gasteiger charge is -2.44. The van der Waals surface area contributed by atoms with Gasteiger partial charge in [-0.05, 0) is 11.5 Å². The smallest absolute Gasteiger partial charge is 0.130 e. The van der Waals surface area contributed by atoms with Gasteiger partial charge in [0, 0.05) is 12.5 Å². The van der Waals surface area contributed by atoms with Gasteiger partial charge in [0.25, 0.3) is 0 Å². The molecule has 0 aliphatic heterocycles. The molecule has 0 aliphatic carbocycles. The van der Waals surface area contributed by atoms with Gasteiger partial charge < -0.3 is 4.79 Å². The minimum Gasteiger partial charge on any atom is -0.300 e. The fourth-order valence-corrected chi connectivity index (χ4v) is 9.00. The van der Waals surface area contributed by atoms with E-state index >= 15 is 0 Å². The van der Waals surface area contributed by atoms with Crippen LogP contribution in [0.4, 0.5) is 0 Å². The third-order valence-electron chi connectivity index (χ3n) is 5.09. The summed E-state index contributed by atoms with van der Waals surface area (Å²) >= 11 is 0. The van der Waals surface area contributed by atoms with E-state index < -0.39 is 8.07 Å². The van der Waals surface area contributed by atoms with Gasteiger partial charge in [-0.2, -0.15) is 0 Å². The van der Waals surface area contributed by atoms with Crippen LogP contribution in [0.25, 0.3) is 0 Å². The first-order chi connectivity index (χ1) is 11.4. The van der Waals surface area contributed by atoms with Crippen LogP contribution in [0.5, 0.6) is 0 Å². The highest BCUT2D eigenvalue weighted by atomic mass is 28.3. The Hall–Kier alpha value is -1.67. The van der Waals surface area contributed by atoms with Crippen molar-refractivity contribution in [2.75, 3.05) is 0 Å². The van der Waals surface area contributed by atoms with Crippen molar-refractivity contribution in [3.8, 4) is 0 Å². The molecule has 2 aromatic rings. The second kappa shape index (κ2) is 7.93. The zero-order valence-corrected chi connectivity index (χ0v) is 16.5. The number of ketones is 1. The summed E-state index contributed by atoms with van der Waals surface area (Å²) in [6.07, 6.45) is 2.78. The van der Waals surface area contributed by atoms with E-state index in [-0.39, 0.29) is 5.04 Å². The van der Waals surface area contributed by atoms with Gasteiger partial charge in [0.2, 0.25) is 0 Å². The van der Waals surface area contributed by atoms with E-state index in [1.807, 2.05) is 0 Å². The molecule has 128 valence electrons. The molecule has 2 rings (SSSR count). The van der Waals surface area contributed by atoms with Gasteiger partial charge in [0.1, 0.15) is 13.9 Å². The van der Waals surface area contributed by atoms with Crippen LogP contribution < -0.4 is 10.4 Å². The standard InChI is InChI=1S/C22H30OSi/c1-5-6-13-19(23)18-24(22(2,3)4,20-14-9-7-10-15-20)21-16-11-8-12-17-21/h7-12,14-17H,5-6,13,18H2,1-4H3. The van der Waals surface area contributed by atoms with Crippen molar-refractivity contribution >= 4 is 24.2 Å². The molecule has 0 aliphatic rings. The van der Waals surface area contributed by atoms with Gasteiger partial charge in [-0.1, -0.05) is 105 Å². The number of carbonyl (C=O) groups is 1. The van der Waals surface area contributed by atoms with Crippen molar-refractivity contribution in [1.29, 1.82) is 0 Å². The number of Topliss-reactive ketones (excluding diaryl/α,β-unsaturated/α-hetero) is 1. The number of hydrogen-bond donors (Lipinski definition) is 0. The Kier molecular flexibility index (Phi) is 6.17. The molecule has 0 radical (unpaired) electrons. The molecule has 0 aromatic heterocycles. The third-order valence-corrected chi connectivity index (χ3v) is 11.2. The summed E-state index contributed by atoms with van der Waals surface area (Å²) in [5.74, 6) is 0.422. The van der Waals surface area contributed by atoms with E-state index in [4.69, 9.17) is 0 Å². The van der Waals surface area contributed by atoms with Gasteiger partial charge in [-0.15, -0.1) is 0 Å². The van der Waals surface area contributed by atoms with Gasteiger partial charge in [-0.3, -0.25) is 0 Å². The molecule has 1 nitrogen and oxygen atoms in total. The Morgan fingerprint density at radius 2 is 1.33 bits per heavy atom. The van der Waals surface area contributed by atoms with Crippen molar-refractivity contribution in [1.82, 2.24) is 0 Å². The maximum atomic E-state index is 12.8. The molecule has 24 heavy (non-hydrogen) atoms. The number of rotatable bonds is 7. The lowest BCUT2D eigenvalue weighted by atomic mass is 10.2. The van der Waals surface area contributed by atoms with Crippen LogP contribution in [0, 0.1) is 0 Å². The SMILES string of the molecule is CCCCC(=O)C[Si](c1ccccc1)(c1ccccc1)C(C)(C)C. The maximum Gasteiger partial charge on any atom is 0.130 e. The van der Waals surface area contributed by atoms with Crippen LogP contribution in [0.1, 0.15) is 47.0 Å². The van der Waals surface area contributed by atoms with Crippen LogP contribution >= 0.6 is 0 Å². The number of benzene rings is 2. The van der Waals surface area contributed by atoms with Gasteiger partial charge in [-0.25, -0.2) is 0 Å². The fourth-order valence-electron chi connectivity index (χ4n) is 3.71. The Morgan fingerprint density at radius 1 is 0.875 bits per heavy atom. The molecular formula is C22H30OSi. The van der Waals surface area contributed by atoms with E-state index in [1.165, 1.54) is 10.4 Å². The molecule has 0 N–H and O–H groups in total. The van der Waals surface area contributed by atoms with E-state index in [1.54, 1.807) is 0 Å². The van der Waals surface area contributed by atoms with Crippen LogP contribution in [0.3, 0.4) is 0 Å². The van der Waals surface area contributed by atoms with Crippen molar-refractivity contribution < 1.29 is 4.79 Å². The first-order valence-corrected chi connectivity index (χ1v) is 11.3. The maximum absolute atomic E-state index is 12.8. The second-order valence-electron chi connectivity index (χ2n) is 7.71. The molecule has 0 amide bonds. The normalized spacial score (nSPS) is 12.2. The molecule has 0 spiro atoms. The van der Waals surface area contributed by atoms with Crippen LogP contribution in [0.15, 0.2) is 60.7 Å². The van der Waals surface area contributed by atoms with Crippen molar-refractivity contribution in [2.45, 2.75) is 58.0 Å². The van der Waals surface area contributed by atoms with Crippen LogP contribution in [-0.2, 0) is 4.79 Å². The average molecular weight is 339 g/mol. The monoisotopic (exact) mass is 338 g/mol. The minimum absolute atomic E-state index is 0.0670. The summed E-state index contributed by atoms with van der Waals surface area (Å²) in [6, 6.07) is 22.2. The number of carbonyl (C=O) groups excluding carboxylic acids is 1. The van der Waals surface area contributed by atoms with Crippen molar-refractivity contribution in [3.63, 3.8) is 0 Å². The molecule has 2 heteroatoms. The molecule has 0 saturated heterocycles. The molecular weight excluding hydrogens is 308 g/mol. The average Bonchev–Trinajstić information content (AvgIpc) is 2.58. The topological polar surface area (TPSA) is 17.1 Å². The molecule has 0 bridgehead atoms. The number of hydrogen-bond acceptors (Lipinski definition) is 1. The van der Waals surface area contributed by atoms with E-state index in [0.29, 0.717) is 18.2 Å². The second-order valence-corrected chi connectivity index (χ2v) is 12.5. The summed E-state index contributed by atoms with van der Waals surface area (Å²) in [4.78, 5) is 12.8. The van der Waals surface area contributed by atoms with Crippen molar-refractivity contribution in [3.05, 3.63) is 60.7 Å². The Balaban J connectivity index is 2.59. The molecule has 0 unspecified atom stereocenters. The Bertz CT molecular complexity index is 601. The lowest BCUT2D eigenvalue weighted by molar-refractivity contribution is -0.117. The van der Waals surface area contributed by atoms with E-state index in [0.717, 1.165) is 12.8 Å².